The number of halogens is 1. The molecule has 10 nitrogen and oxygen atoms in total. The summed E-state index contributed by atoms with van der Waals surface area (Å²) in [5, 5.41) is 12.9. The number of hydrogen-bond acceptors (Lipinski definition) is 8. The van der Waals surface area contributed by atoms with Crippen molar-refractivity contribution in [2.24, 2.45) is 10.1 Å². The Labute approximate surface area is 295 Å². The number of aliphatic hydroxyl groups excluding tert-OH is 1. The Balaban J connectivity index is 1.43. The minimum absolute atomic E-state index is 0.0395. The fourth-order valence-electron chi connectivity index (χ4n) is 5.42. The van der Waals surface area contributed by atoms with Gasteiger partial charge in [-0.15, -0.1) is 0 Å². The lowest BCUT2D eigenvalue weighted by Gasteiger charge is -2.31. The van der Waals surface area contributed by atoms with Gasteiger partial charge in [-0.1, -0.05) is 84.0 Å². The number of aliphatic hydroxyl groups is 1. The van der Waals surface area contributed by atoms with Crippen LogP contribution in [0.2, 0.25) is 0 Å². The molecular formula is C38H39FN6O4S. The average molecular weight is 695 g/mol. The number of rotatable bonds is 18. The molecule has 5 rings (SSSR count). The summed E-state index contributed by atoms with van der Waals surface area (Å²) in [6.45, 7) is 0.966. The first-order chi connectivity index (χ1) is 24.5. The van der Waals surface area contributed by atoms with E-state index in [0.717, 1.165) is 11.1 Å². The second kappa shape index (κ2) is 18.6. The molecule has 258 valence electrons. The number of carbonyl (C=O) groups excluding carboxylic acids is 1. The largest absolute Gasteiger partial charge is 0.494 e. The van der Waals surface area contributed by atoms with Gasteiger partial charge < -0.3 is 14.6 Å². The van der Waals surface area contributed by atoms with Crippen LogP contribution < -0.4 is 15.6 Å². The second-order valence-electron chi connectivity index (χ2n) is 11.5. The van der Waals surface area contributed by atoms with Gasteiger partial charge in [0.2, 0.25) is 5.90 Å². The Kier molecular flexibility index (Phi) is 13.4. The molecular weight excluding hydrogens is 656 g/mol. The van der Waals surface area contributed by atoms with Gasteiger partial charge in [0.1, 0.15) is 11.6 Å². The Morgan fingerprint density at radius 1 is 1.06 bits per heavy atom. The topological polar surface area (TPSA) is 141 Å². The Morgan fingerprint density at radius 2 is 1.82 bits per heavy atom. The fraction of sp³-hybridized carbons (Fsp3) is 0.263. The van der Waals surface area contributed by atoms with Crippen LogP contribution in [0.4, 0.5) is 4.39 Å². The molecule has 0 aliphatic carbocycles. The maximum atomic E-state index is 14.4. The van der Waals surface area contributed by atoms with Crippen molar-refractivity contribution in [2.75, 3.05) is 25.5 Å². The number of azide groups is 1. The highest BCUT2D eigenvalue weighted by Crippen LogP contribution is 2.44. The second-order valence-corrected chi connectivity index (χ2v) is 12.6. The molecule has 3 N–H and O–H groups in total. The van der Waals surface area contributed by atoms with Crippen molar-refractivity contribution in [1.82, 2.24) is 10.9 Å². The van der Waals surface area contributed by atoms with E-state index in [0.29, 0.717) is 53.5 Å². The first kappa shape index (κ1) is 36.2. The van der Waals surface area contributed by atoms with E-state index in [1.54, 1.807) is 36.0 Å². The summed E-state index contributed by atoms with van der Waals surface area (Å²) in [5.41, 5.74) is 17.7. The Bertz CT molecular complexity index is 1800. The molecule has 1 aliphatic heterocycles. The number of ether oxygens (including phenoxy) is 2. The summed E-state index contributed by atoms with van der Waals surface area (Å²) in [5.74, 6) is 1.66. The summed E-state index contributed by atoms with van der Waals surface area (Å²) in [4.78, 5) is 22.4. The molecule has 0 radical (unpaired) electrons. The minimum atomic E-state index is -1.45. The molecule has 0 spiro atoms. The van der Waals surface area contributed by atoms with E-state index in [1.807, 2.05) is 78.9 Å². The zero-order chi connectivity index (χ0) is 35.0. The van der Waals surface area contributed by atoms with Gasteiger partial charge in [0.15, 0.2) is 11.6 Å². The van der Waals surface area contributed by atoms with Crippen LogP contribution in [0.5, 0.6) is 5.75 Å². The summed E-state index contributed by atoms with van der Waals surface area (Å²) in [6.07, 6.45) is 3.72. The van der Waals surface area contributed by atoms with Gasteiger partial charge in [0.05, 0.1) is 13.2 Å². The summed E-state index contributed by atoms with van der Waals surface area (Å²) in [6, 6.07) is 30.9. The van der Waals surface area contributed by atoms with Gasteiger partial charge in [-0.3, -0.25) is 10.2 Å². The maximum Gasteiger partial charge on any atom is 0.266 e. The van der Waals surface area contributed by atoms with Crippen LogP contribution in [0, 0.1) is 5.82 Å². The van der Waals surface area contributed by atoms with Crippen molar-refractivity contribution in [3.63, 3.8) is 0 Å². The van der Waals surface area contributed by atoms with E-state index < -0.39 is 11.6 Å². The molecule has 1 aliphatic rings. The zero-order valence-corrected chi connectivity index (χ0v) is 28.3. The van der Waals surface area contributed by atoms with Crippen LogP contribution in [-0.4, -0.2) is 48.0 Å². The lowest BCUT2D eigenvalue weighted by molar-refractivity contribution is -0.129. The number of nitrogens with zero attached hydrogens (tertiary/aromatic N) is 4. The molecule has 0 aromatic heterocycles. The molecule has 4 aromatic rings. The van der Waals surface area contributed by atoms with Crippen LogP contribution in [0.15, 0.2) is 119 Å². The van der Waals surface area contributed by atoms with Gasteiger partial charge in [0, 0.05) is 48.0 Å². The van der Waals surface area contributed by atoms with E-state index in [2.05, 4.69) is 20.9 Å². The van der Waals surface area contributed by atoms with Crippen LogP contribution >= 0.6 is 11.8 Å². The lowest BCUT2D eigenvalue weighted by atomic mass is 9.82. The quantitative estimate of drug-likeness (QED) is 0.0328. The standard InChI is InChI=1S/C38H39FN6O4S/c39-32-17-13-29(14-18-32)27-50-25-22-41-44-37(47)38(21-6-10-28-8-2-1-3-9-28)35(34-12-5-4-11-31(34)26-42-45-40)49-36(43-38)30-15-19-33(20-16-30)48-24-7-23-46/h1-6,8-20,35,41,46H,7,21-27H2,(H,44,47)/b10-6+/t35-,38-/m0/s1. The van der Waals surface area contributed by atoms with Gasteiger partial charge in [0.25, 0.3) is 5.91 Å². The zero-order valence-electron chi connectivity index (χ0n) is 27.5. The maximum absolute atomic E-state index is 14.4. The first-order valence-electron chi connectivity index (χ1n) is 16.3. The SMILES string of the molecule is [N-]=[N+]=NCc1ccccc1[C@@H]1OC(c2ccc(OCCCO)cc2)=N[C@]1(C/C=C/c1ccccc1)C(=O)NNCCSCc1ccc(F)cc1. The fourth-order valence-corrected chi connectivity index (χ4v) is 6.24. The van der Waals surface area contributed by atoms with Crippen molar-refractivity contribution in [3.05, 3.63) is 153 Å². The number of nitrogens with one attached hydrogen (secondary N) is 2. The molecule has 12 heteroatoms. The Hall–Kier alpha value is -5.13. The van der Waals surface area contributed by atoms with Gasteiger partial charge in [-0.05, 0) is 64.2 Å². The highest BCUT2D eigenvalue weighted by atomic mass is 32.2. The number of thioether (sulfide) groups is 1. The first-order valence-corrected chi connectivity index (χ1v) is 17.4. The molecule has 0 saturated heterocycles. The summed E-state index contributed by atoms with van der Waals surface area (Å²) < 4.78 is 25.6. The van der Waals surface area contributed by atoms with Gasteiger partial charge in [-0.2, -0.15) is 11.8 Å². The van der Waals surface area contributed by atoms with Gasteiger partial charge in [-0.25, -0.2) is 14.8 Å². The van der Waals surface area contributed by atoms with Crippen LogP contribution in [0.1, 0.15) is 46.8 Å². The molecule has 0 unspecified atom stereocenters. The average Bonchev–Trinajstić information content (AvgIpc) is 3.54. The number of hydrogen-bond donors (Lipinski definition) is 3. The highest BCUT2D eigenvalue weighted by Gasteiger charge is 2.53. The number of amides is 1. The van der Waals surface area contributed by atoms with E-state index in [-0.39, 0.29) is 37.2 Å². The van der Waals surface area contributed by atoms with Crippen molar-refractivity contribution < 1.29 is 23.8 Å². The number of carbonyl (C=O) groups is 1. The molecule has 4 aromatic carbocycles. The van der Waals surface area contributed by atoms with Crippen LogP contribution in [0.3, 0.4) is 0 Å². The van der Waals surface area contributed by atoms with Crippen molar-refractivity contribution in [3.8, 4) is 5.75 Å². The van der Waals surface area contributed by atoms with Gasteiger partial charge >= 0.3 is 0 Å². The number of hydrazine groups is 1. The van der Waals surface area contributed by atoms with Crippen LogP contribution in [-0.2, 0) is 21.8 Å². The molecule has 0 saturated carbocycles. The lowest BCUT2D eigenvalue weighted by Crippen LogP contribution is -2.53. The highest BCUT2D eigenvalue weighted by molar-refractivity contribution is 7.98. The Morgan fingerprint density at radius 3 is 2.58 bits per heavy atom. The normalized spacial score (nSPS) is 16.8. The monoisotopic (exact) mass is 694 g/mol. The molecule has 50 heavy (non-hydrogen) atoms. The molecule has 0 bridgehead atoms. The van der Waals surface area contributed by atoms with E-state index in [1.165, 1.54) is 12.1 Å². The minimum Gasteiger partial charge on any atom is -0.494 e. The summed E-state index contributed by atoms with van der Waals surface area (Å²) >= 11 is 1.66. The van der Waals surface area contributed by atoms with Crippen molar-refractivity contribution in [1.29, 1.82) is 0 Å². The predicted molar refractivity (Wildman–Crippen MR) is 195 cm³/mol. The van der Waals surface area contributed by atoms with E-state index in [9.17, 15) is 9.18 Å². The molecule has 1 amide bonds. The van der Waals surface area contributed by atoms with E-state index in [4.69, 9.17) is 25.1 Å². The van der Waals surface area contributed by atoms with Crippen molar-refractivity contribution >= 4 is 29.6 Å². The smallest absolute Gasteiger partial charge is 0.266 e. The number of benzene rings is 4. The predicted octanol–water partition coefficient (Wildman–Crippen LogP) is 7.31. The number of aliphatic imine (C=N–C) groups is 1. The molecule has 1 heterocycles. The third kappa shape index (κ3) is 9.73. The van der Waals surface area contributed by atoms with E-state index >= 15 is 0 Å². The molecule has 2 atom stereocenters. The van der Waals surface area contributed by atoms with Crippen LogP contribution in [0.25, 0.3) is 16.5 Å². The molecule has 0 fully saturated rings. The third-order valence-corrected chi connectivity index (χ3v) is 9.00. The van der Waals surface area contributed by atoms with Crippen molar-refractivity contribution in [2.45, 2.75) is 36.8 Å². The third-order valence-electron chi connectivity index (χ3n) is 7.97. The summed E-state index contributed by atoms with van der Waals surface area (Å²) in [7, 11) is 0.